The maximum atomic E-state index is 10.9. The summed E-state index contributed by atoms with van der Waals surface area (Å²) in [5.74, 6) is -0.970. The largest absolute Gasteiger partial charge is 0.478 e. The van der Waals surface area contributed by atoms with Gasteiger partial charge in [-0.3, -0.25) is 10.1 Å². The van der Waals surface area contributed by atoms with Gasteiger partial charge in [0.2, 0.25) is 6.20 Å². The van der Waals surface area contributed by atoms with Crippen LogP contribution < -0.4 is 0 Å². The first-order valence-corrected chi connectivity index (χ1v) is 7.27. The van der Waals surface area contributed by atoms with Gasteiger partial charge in [-0.15, -0.1) is 0 Å². The number of benzene rings is 2. The zero-order valence-electron chi connectivity index (χ0n) is 12.6. The first-order valence-electron chi connectivity index (χ1n) is 7.27. The zero-order valence-corrected chi connectivity index (χ0v) is 12.6. The van der Waals surface area contributed by atoms with Crippen molar-refractivity contribution in [2.75, 3.05) is 0 Å². The van der Waals surface area contributed by atoms with Crippen molar-refractivity contribution in [2.45, 2.75) is 6.54 Å². The van der Waals surface area contributed by atoms with E-state index in [1.807, 2.05) is 34.9 Å². The maximum Gasteiger partial charge on any atom is 0.335 e. The quantitative estimate of drug-likeness (QED) is 0.574. The number of hydrogen-bond acceptors (Lipinski definition) is 3. The van der Waals surface area contributed by atoms with E-state index < -0.39 is 10.9 Å². The molecule has 0 atom stereocenters. The van der Waals surface area contributed by atoms with Gasteiger partial charge in [0.25, 0.3) is 0 Å². The molecule has 0 bridgehead atoms. The highest BCUT2D eigenvalue weighted by molar-refractivity contribution is 5.87. The van der Waals surface area contributed by atoms with E-state index in [1.165, 1.54) is 6.08 Å². The van der Waals surface area contributed by atoms with E-state index in [0.717, 1.165) is 28.4 Å². The number of carboxylic acids is 1. The summed E-state index contributed by atoms with van der Waals surface area (Å²) in [4.78, 5) is 21.0. The van der Waals surface area contributed by atoms with Gasteiger partial charge in [0.05, 0.1) is 10.5 Å². The molecule has 24 heavy (non-hydrogen) atoms. The molecule has 0 amide bonds. The normalized spacial score (nSPS) is 11.2. The van der Waals surface area contributed by atoms with Crippen LogP contribution >= 0.6 is 0 Å². The lowest BCUT2D eigenvalue weighted by Crippen LogP contribution is -2.03. The summed E-state index contributed by atoms with van der Waals surface area (Å²) in [5, 5.41) is 20.6. The Kier molecular flexibility index (Phi) is 4.11. The molecule has 120 valence electrons. The fourth-order valence-corrected chi connectivity index (χ4v) is 2.62. The van der Waals surface area contributed by atoms with Gasteiger partial charge >= 0.3 is 5.97 Å². The molecule has 6 nitrogen and oxygen atoms in total. The number of rotatable bonds is 5. The molecule has 0 radical (unpaired) electrons. The van der Waals surface area contributed by atoms with E-state index in [1.54, 1.807) is 24.3 Å². The van der Waals surface area contributed by atoms with Crippen molar-refractivity contribution in [2.24, 2.45) is 0 Å². The molecule has 3 rings (SSSR count). The summed E-state index contributed by atoms with van der Waals surface area (Å²) in [6, 6.07) is 16.2. The van der Waals surface area contributed by atoms with Gasteiger partial charge in [-0.25, -0.2) is 4.79 Å². The Bertz CT molecular complexity index is 939. The van der Waals surface area contributed by atoms with E-state index in [-0.39, 0.29) is 5.56 Å². The Morgan fingerprint density at radius 3 is 2.54 bits per heavy atom. The molecular weight excluding hydrogens is 308 g/mol. The van der Waals surface area contributed by atoms with Crippen molar-refractivity contribution in [3.8, 4) is 0 Å². The molecule has 0 saturated heterocycles. The predicted octanol–water partition coefficient (Wildman–Crippen LogP) is 3.64. The Labute approximate surface area is 137 Å². The number of nitrogens with zero attached hydrogens (tertiary/aromatic N) is 2. The monoisotopic (exact) mass is 322 g/mol. The molecule has 0 fully saturated rings. The van der Waals surface area contributed by atoms with Gasteiger partial charge in [0.15, 0.2) is 0 Å². The van der Waals surface area contributed by atoms with Crippen molar-refractivity contribution >= 4 is 22.9 Å². The minimum Gasteiger partial charge on any atom is -0.478 e. The Hall–Kier alpha value is -3.41. The van der Waals surface area contributed by atoms with Crippen molar-refractivity contribution in [3.05, 3.63) is 87.7 Å². The lowest BCUT2D eigenvalue weighted by Gasteiger charge is -2.09. The summed E-state index contributed by atoms with van der Waals surface area (Å²) in [6.07, 6.45) is 2.38. The smallest absolute Gasteiger partial charge is 0.335 e. The maximum absolute atomic E-state index is 10.9. The van der Waals surface area contributed by atoms with Gasteiger partial charge in [-0.2, -0.15) is 0 Å². The van der Waals surface area contributed by atoms with E-state index in [0.29, 0.717) is 6.54 Å². The predicted molar refractivity (Wildman–Crippen MR) is 90.5 cm³/mol. The van der Waals surface area contributed by atoms with E-state index >= 15 is 0 Å². The fraction of sp³-hybridized carbons (Fsp3) is 0.0556. The van der Waals surface area contributed by atoms with E-state index in [2.05, 4.69) is 0 Å². The first-order chi connectivity index (χ1) is 11.5. The molecule has 0 unspecified atom stereocenters. The Balaban J connectivity index is 2.01. The van der Waals surface area contributed by atoms with Crippen LogP contribution in [0.2, 0.25) is 0 Å². The van der Waals surface area contributed by atoms with Crippen molar-refractivity contribution < 1.29 is 14.8 Å². The van der Waals surface area contributed by atoms with Crippen LogP contribution in [0.15, 0.2) is 60.8 Å². The summed E-state index contributed by atoms with van der Waals surface area (Å²) in [5.41, 5.74) is 2.82. The van der Waals surface area contributed by atoms with Gasteiger partial charge in [-0.1, -0.05) is 30.3 Å². The third-order valence-corrected chi connectivity index (χ3v) is 3.75. The van der Waals surface area contributed by atoms with Crippen molar-refractivity contribution in [1.82, 2.24) is 4.57 Å². The average molecular weight is 322 g/mol. The second-order valence-corrected chi connectivity index (χ2v) is 5.32. The van der Waals surface area contributed by atoms with Crippen LogP contribution in [0.4, 0.5) is 0 Å². The van der Waals surface area contributed by atoms with Crippen LogP contribution in [0.1, 0.15) is 21.6 Å². The minimum atomic E-state index is -0.970. The molecule has 0 spiro atoms. The number of carboxylic acid groups (broad SMARTS) is 1. The van der Waals surface area contributed by atoms with Crippen LogP contribution in [0, 0.1) is 10.1 Å². The van der Waals surface area contributed by atoms with Crippen LogP contribution in [0.3, 0.4) is 0 Å². The molecular formula is C18H14N2O4. The summed E-state index contributed by atoms with van der Waals surface area (Å²) >= 11 is 0. The molecule has 3 aromatic rings. The molecule has 6 heteroatoms. The van der Waals surface area contributed by atoms with Gasteiger partial charge < -0.3 is 9.67 Å². The molecule has 0 saturated carbocycles. The van der Waals surface area contributed by atoms with Gasteiger partial charge in [0, 0.05) is 29.2 Å². The molecule has 0 aliphatic carbocycles. The highest BCUT2D eigenvalue weighted by Gasteiger charge is 2.09. The molecule has 1 aromatic heterocycles. The number of hydrogen-bond donors (Lipinski definition) is 1. The summed E-state index contributed by atoms with van der Waals surface area (Å²) < 4.78 is 1.96. The first kappa shape index (κ1) is 15.5. The third kappa shape index (κ3) is 3.17. The Morgan fingerprint density at radius 1 is 1.17 bits per heavy atom. The molecule has 0 aliphatic rings. The van der Waals surface area contributed by atoms with Crippen molar-refractivity contribution in [3.63, 3.8) is 0 Å². The van der Waals surface area contributed by atoms with Crippen molar-refractivity contribution in [1.29, 1.82) is 0 Å². The summed E-state index contributed by atoms with van der Waals surface area (Å²) in [7, 11) is 0. The number of aromatic carboxylic acids is 1. The third-order valence-electron chi connectivity index (χ3n) is 3.75. The number of para-hydroxylation sites is 1. The van der Waals surface area contributed by atoms with E-state index in [9.17, 15) is 14.9 Å². The van der Waals surface area contributed by atoms with E-state index in [4.69, 9.17) is 5.11 Å². The fourth-order valence-electron chi connectivity index (χ4n) is 2.62. The van der Waals surface area contributed by atoms with Crippen LogP contribution in [-0.2, 0) is 6.54 Å². The second-order valence-electron chi connectivity index (χ2n) is 5.32. The standard InChI is InChI=1S/C18H14N2O4/c21-18(22)14-7-5-13(6-8-14)12-19-16(9-10-20(23)24)11-15-3-1-2-4-17(15)19/h1-11H,12H2,(H,21,22)/b10-9+. The SMILES string of the molecule is O=C(O)c1ccc(Cn2c(/C=C/[N+](=O)[O-])cc3ccccc32)cc1. The lowest BCUT2D eigenvalue weighted by molar-refractivity contribution is -0.401. The van der Waals surface area contributed by atoms with Crippen LogP contribution in [0.5, 0.6) is 0 Å². The Morgan fingerprint density at radius 2 is 1.88 bits per heavy atom. The number of carbonyl (C=O) groups is 1. The van der Waals surface area contributed by atoms with Crippen LogP contribution in [-0.4, -0.2) is 20.6 Å². The van der Waals surface area contributed by atoms with Gasteiger partial charge in [-0.05, 0) is 29.8 Å². The highest BCUT2D eigenvalue weighted by atomic mass is 16.6. The molecule has 0 aliphatic heterocycles. The van der Waals surface area contributed by atoms with Gasteiger partial charge in [0.1, 0.15) is 0 Å². The lowest BCUT2D eigenvalue weighted by atomic mass is 10.1. The molecule has 1 heterocycles. The minimum absolute atomic E-state index is 0.226. The van der Waals surface area contributed by atoms with Crippen LogP contribution in [0.25, 0.3) is 17.0 Å². The number of nitro groups is 1. The molecule has 2 aromatic carbocycles. The summed E-state index contributed by atoms with van der Waals surface area (Å²) in [6.45, 7) is 0.491. The molecule has 1 N–H and O–H groups in total. The average Bonchev–Trinajstić information content (AvgIpc) is 2.91. The number of aromatic nitrogens is 1. The second kappa shape index (κ2) is 6.37. The highest BCUT2D eigenvalue weighted by Crippen LogP contribution is 2.22. The topological polar surface area (TPSA) is 85.4 Å². The number of fused-ring (bicyclic) bond motifs is 1. The zero-order chi connectivity index (χ0) is 17.1.